The SMILES string of the molecule is Brc1ccc(COCC2CCCCC2)nc1. The monoisotopic (exact) mass is 283 g/mol. The van der Waals surface area contributed by atoms with Gasteiger partial charge >= 0.3 is 0 Å². The fraction of sp³-hybridized carbons (Fsp3) is 0.615. The van der Waals surface area contributed by atoms with Gasteiger partial charge in [0.05, 0.1) is 12.3 Å². The van der Waals surface area contributed by atoms with Crippen molar-refractivity contribution in [2.24, 2.45) is 5.92 Å². The van der Waals surface area contributed by atoms with Crippen LogP contribution in [0.2, 0.25) is 0 Å². The first-order chi connectivity index (χ1) is 7.84. The molecule has 1 aliphatic rings. The van der Waals surface area contributed by atoms with Crippen molar-refractivity contribution in [1.82, 2.24) is 4.98 Å². The predicted octanol–water partition coefficient (Wildman–Crippen LogP) is 3.94. The molecule has 0 bridgehead atoms. The fourth-order valence-electron chi connectivity index (χ4n) is 2.18. The van der Waals surface area contributed by atoms with E-state index in [0.717, 1.165) is 22.7 Å². The first kappa shape index (κ1) is 12.1. The van der Waals surface area contributed by atoms with Crippen LogP contribution in [-0.4, -0.2) is 11.6 Å². The molecule has 0 radical (unpaired) electrons. The zero-order chi connectivity index (χ0) is 11.2. The van der Waals surface area contributed by atoms with Crippen LogP contribution in [0.25, 0.3) is 0 Å². The Hall–Kier alpha value is -0.410. The summed E-state index contributed by atoms with van der Waals surface area (Å²) in [7, 11) is 0. The summed E-state index contributed by atoms with van der Waals surface area (Å²) in [5, 5.41) is 0. The molecule has 3 heteroatoms. The summed E-state index contributed by atoms with van der Waals surface area (Å²) < 4.78 is 6.74. The quantitative estimate of drug-likeness (QED) is 0.835. The van der Waals surface area contributed by atoms with E-state index in [1.165, 1.54) is 32.1 Å². The molecule has 2 rings (SSSR count). The Kier molecular flexibility index (Phi) is 4.79. The van der Waals surface area contributed by atoms with E-state index in [9.17, 15) is 0 Å². The molecule has 1 saturated carbocycles. The van der Waals surface area contributed by atoms with Gasteiger partial charge in [-0.1, -0.05) is 19.3 Å². The van der Waals surface area contributed by atoms with Crippen LogP contribution < -0.4 is 0 Å². The lowest BCUT2D eigenvalue weighted by Crippen LogP contribution is -2.13. The lowest BCUT2D eigenvalue weighted by molar-refractivity contribution is 0.0720. The normalized spacial score (nSPS) is 17.6. The van der Waals surface area contributed by atoms with E-state index in [-0.39, 0.29) is 0 Å². The Morgan fingerprint density at radius 2 is 2.06 bits per heavy atom. The number of ether oxygens (including phenoxy) is 1. The molecule has 0 atom stereocenters. The third-order valence-corrected chi connectivity index (χ3v) is 3.59. The first-order valence-electron chi connectivity index (χ1n) is 6.03. The summed E-state index contributed by atoms with van der Waals surface area (Å²) in [6.45, 7) is 1.54. The van der Waals surface area contributed by atoms with Crippen molar-refractivity contribution in [2.75, 3.05) is 6.61 Å². The second-order valence-electron chi connectivity index (χ2n) is 4.49. The van der Waals surface area contributed by atoms with Crippen molar-refractivity contribution in [3.05, 3.63) is 28.5 Å². The maximum Gasteiger partial charge on any atom is 0.0887 e. The smallest absolute Gasteiger partial charge is 0.0887 e. The van der Waals surface area contributed by atoms with Crippen LogP contribution in [0.15, 0.2) is 22.8 Å². The summed E-state index contributed by atoms with van der Waals surface area (Å²) in [6, 6.07) is 4.01. The highest BCUT2D eigenvalue weighted by atomic mass is 79.9. The number of aromatic nitrogens is 1. The molecule has 0 unspecified atom stereocenters. The largest absolute Gasteiger partial charge is 0.375 e. The Labute approximate surface area is 106 Å². The van der Waals surface area contributed by atoms with E-state index in [1.54, 1.807) is 0 Å². The van der Waals surface area contributed by atoms with Gasteiger partial charge in [0.2, 0.25) is 0 Å². The Morgan fingerprint density at radius 3 is 2.75 bits per heavy atom. The highest BCUT2D eigenvalue weighted by Gasteiger charge is 2.13. The van der Waals surface area contributed by atoms with Gasteiger partial charge in [-0.05, 0) is 46.8 Å². The first-order valence-corrected chi connectivity index (χ1v) is 6.82. The van der Waals surface area contributed by atoms with Crippen molar-refractivity contribution in [1.29, 1.82) is 0 Å². The number of hydrogen-bond donors (Lipinski definition) is 0. The van der Waals surface area contributed by atoms with E-state index in [4.69, 9.17) is 4.74 Å². The molecule has 16 heavy (non-hydrogen) atoms. The van der Waals surface area contributed by atoms with Crippen LogP contribution in [0, 0.1) is 5.92 Å². The Balaban J connectivity index is 1.69. The third-order valence-electron chi connectivity index (χ3n) is 3.12. The van der Waals surface area contributed by atoms with E-state index in [2.05, 4.69) is 20.9 Å². The van der Waals surface area contributed by atoms with Crippen molar-refractivity contribution in [3.63, 3.8) is 0 Å². The lowest BCUT2D eigenvalue weighted by atomic mass is 9.90. The molecule has 0 aromatic carbocycles. The average Bonchev–Trinajstić information content (AvgIpc) is 2.33. The van der Waals surface area contributed by atoms with Gasteiger partial charge in [-0.15, -0.1) is 0 Å². The van der Waals surface area contributed by atoms with Gasteiger partial charge in [0.1, 0.15) is 0 Å². The minimum atomic E-state index is 0.643. The molecule has 1 heterocycles. The van der Waals surface area contributed by atoms with E-state index in [0.29, 0.717) is 6.61 Å². The highest BCUT2D eigenvalue weighted by Crippen LogP contribution is 2.23. The minimum Gasteiger partial charge on any atom is -0.375 e. The van der Waals surface area contributed by atoms with Gasteiger partial charge in [-0.3, -0.25) is 4.98 Å². The number of rotatable bonds is 4. The average molecular weight is 284 g/mol. The number of pyridine rings is 1. The summed E-state index contributed by atoms with van der Waals surface area (Å²) >= 11 is 3.37. The zero-order valence-corrected chi connectivity index (χ0v) is 11.1. The highest BCUT2D eigenvalue weighted by molar-refractivity contribution is 9.10. The molecule has 1 aliphatic carbocycles. The second-order valence-corrected chi connectivity index (χ2v) is 5.40. The Morgan fingerprint density at radius 1 is 1.25 bits per heavy atom. The van der Waals surface area contributed by atoms with Crippen molar-refractivity contribution in [3.8, 4) is 0 Å². The van der Waals surface area contributed by atoms with Gasteiger partial charge in [0.15, 0.2) is 0 Å². The summed E-state index contributed by atoms with van der Waals surface area (Å²) in [5.74, 6) is 0.782. The molecular weight excluding hydrogens is 266 g/mol. The summed E-state index contributed by atoms with van der Waals surface area (Å²) in [6.07, 6.45) is 8.67. The van der Waals surface area contributed by atoms with Gasteiger partial charge in [-0.2, -0.15) is 0 Å². The van der Waals surface area contributed by atoms with Crippen LogP contribution in [0.5, 0.6) is 0 Å². The van der Waals surface area contributed by atoms with E-state index >= 15 is 0 Å². The maximum absolute atomic E-state index is 5.72. The molecule has 0 amide bonds. The zero-order valence-electron chi connectivity index (χ0n) is 9.49. The topological polar surface area (TPSA) is 22.1 Å². The van der Waals surface area contributed by atoms with Crippen LogP contribution in [-0.2, 0) is 11.3 Å². The van der Waals surface area contributed by atoms with Gasteiger partial charge in [0, 0.05) is 17.3 Å². The number of halogens is 1. The summed E-state index contributed by atoms with van der Waals surface area (Å²) in [4.78, 5) is 4.29. The van der Waals surface area contributed by atoms with Crippen LogP contribution in [0.4, 0.5) is 0 Å². The van der Waals surface area contributed by atoms with E-state index < -0.39 is 0 Å². The lowest BCUT2D eigenvalue weighted by Gasteiger charge is -2.21. The maximum atomic E-state index is 5.72. The fourth-order valence-corrected chi connectivity index (χ4v) is 2.41. The van der Waals surface area contributed by atoms with Crippen molar-refractivity contribution < 1.29 is 4.74 Å². The third kappa shape index (κ3) is 3.87. The van der Waals surface area contributed by atoms with Crippen LogP contribution in [0.3, 0.4) is 0 Å². The second kappa shape index (κ2) is 6.36. The molecule has 88 valence electrons. The molecule has 1 aromatic rings. The molecule has 0 N–H and O–H groups in total. The van der Waals surface area contributed by atoms with Crippen molar-refractivity contribution >= 4 is 15.9 Å². The Bertz CT molecular complexity index is 306. The molecule has 1 fully saturated rings. The van der Waals surface area contributed by atoms with Gasteiger partial charge < -0.3 is 4.74 Å². The molecule has 0 saturated heterocycles. The van der Waals surface area contributed by atoms with Crippen LogP contribution >= 0.6 is 15.9 Å². The molecule has 0 spiro atoms. The van der Waals surface area contributed by atoms with Gasteiger partial charge in [-0.25, -0.2) is 0 Å². The number of nitrogens with zero attached hydrogens (tertiary/aromatic N) is 1. The van der Waals surface area contributed by atoms with E-state index in [1.807, 2.05) is 18.3 Å². The van der Waals surface area contributed by atoms with Crippen molar-refractivity contribution in [2.45, 2.75) is 38.7 Å². The molecule has 0 aliphatic heterocycles. The predicted molar refractivity (Wildman–Crippen MR) is 68.2 cm³/mol. The van der Waals surface area contributed by atoms with Gasteiger partial charge in [0.25, 0.3) is 0 Å². The number of hydrogen-bond acceptors (Lipinski definition) is 2. The minimum absolute atomic E-state index is 0.643. The molecular formula is C13H18BrNO. The van der Waals surface area contributed by atoms with Crippen LogP contribution in [0.1, 0.15) is 37.8 Å². The standard InChI is InChI=1S/C13H18BrNO/c14-12-6-7-13(15-8-12)10-16-9-11-4-2-1-3-5-11/h6-8,11H,1-5,9-10H2. The molecule has 2 nitrogen and oxygen atoms in total. The summed E-state index contributed by atoms with van der Waals surface area (Å²) in [5.41, 5.74) is 1.01. The molecule has 1 aromatic heterocycles.